The van der Waals surface area contributed by atoms with Crippen molar-refractivity contribution in [2.24, 2.45) is 5.41 Å². The fourth-order valence-corrected chi connectivity index (χ4v) is 5.46. The van der Waals surface area contributed by atoms with Crippen LogP contribution in [0.2, 0.25) is 5.02 Å². The summed E-state index contributed by atoms with van der Waals surface area (Å²) in [5, 5.41) is 9.20. The van der Waals surface area contributed by atoms with Crippen LogP contribution in [0.4, 0.5) is 30.8 Å². The van der Waals surface area contributed by atoms with Gasteiger partial charge in [0, 0.05) is 43.9 Å². The SMILES string of the molecule is CC1(C)CNC(=O)c2ccc(cc2)Nc2nc(nc(OCC(F)(F)F)n2)NCc2ccc(c(Cl)c2)OCCCN(C(=O)C/C=C/c2ccccc2)C1. The van der Waals surface area contributed by atoms with E-state index >= 15 is 0 Å². The minimum atomic E-state index is -4.60. The molecule has 4 aliphatic heterocycles. The van der Waals surface area contributed by atoms with E-state index in [1.165, 1.54) is 0 Å². The summed E-state index contributed by atoms with van der Waals surface area (Å²) in [5.41, 5.74) is 2.07. The number of nitrogens with zero attached hydrogens (tertiary/aromatic N) is 4. The molecule has 0 unspecified atom stereocenters. The number of hydrogen-bond acceptors (Lipinski definition) is 9. The first-order valence-corrected chi connectivity index (χ1v) is 17.0. The van der Waals surface area contributed by atoms with Crippen molar-refractivity contribution in [2.75, 3.05) is 43.5 Å². The fraction of sp³-hybridized carbons (Fsp3) is 0.324. The van der Waals surface area contributed by atoms with E-state index in [0.29, 0.717) is 41.5 Å². The maximum Gasteiger partial charge on any atom is 0.422 e. The van der Waals surface area contributed by atoms with Crippen molar-refractivity contribution >= 4 is 47.1 Å². The molecule has 0 saturated heterocycles. The smallest absolute Gasteiger partial charge is 0.422 e. The molecule has 0 saturated carbocycles. The van der Waals surface area contributed by atoms with Crippen molar-refractivity contribution in [1.29, 1.82) is 0 Å². The second-order valence-corrected chi connectivity index (χ2v) is 13.3. The average Bonchev–Trinajstić information content (AvgIpc) is 3.11. The third-order valence-electron chi connectivity index (χ3n) is 7.76. The molecule has 11 nitrogen and oxygen atoms in total. The van der Waals surface area contributed by atoms with Crippen molar-refractivity contribution in [3.63, 3.8) is 0 Å². The Morgan fingerprint density at radius 2 is 1.77 bits per heavy atom. The van der Waals surface area contributed by atoms with E-state index in [4.69, 9.17) is 21.1 Å². The number of hydrogen-bond donors (Lipinski definition) is 3. The van der Waals surface area contributed by atoms with Gasteiger partial charge in [0.2, 0.25) is 17.8 Å². The molecule has 4 aromatic rings. The van der Waals surface area contributed by atoms with Crippen LogP contribution >= 0.6 is 11.6 Å². The standard InChI is InChI=1S/C37H39ClF3N7O4/c1-36(2)22-43-32(50)27-13-15-28(16-14-27)44-34-45-33(46-35(47-34)52-24-37(39,40)41)42-21-26-12-17-30(29(38)20-26)51-19-7-18-48(23-36)31(49)11-6-10-25-8-4-3-5-9-25/h3-6,8-10,12-17,20H,7,11,18-19,21-24H2,1-2H3,(H,43,50)(H2,42,44,45,46,47)/b10-6+. The number of benzene rings is 3. The number of carbonyl (C=O) groups excluding carboxylic acids is 2. The summed E-state index contributed by atoms with van der Waals surface area (Å²) >= 11 is 6.54. The van der Waals surface area contributed by atoms with Crippen molar-refractivity contribution in [3.05, 3.63) is 101 Å². The summed E-state index contributed by atoms with van der Waals surface area (Å²) in [4.78, 5) is 40.6. The maximum absolute atomic E-state index is 13.5. The summed E-state index contributed by atoms with van der Waals surface area (Å²) in [7, 11) is 0. The van der Waals surface area contributed by atoms with Crippen LogP contribution in [-0.2, 0) is 11.3 Å². The largest absolute Gasteiger partial charge is 0.492 e. The third-order valence-corrected chi connectivity index (χ3v) is 8.06. The quantitative estimate of drug-likeness (QED) is 0.193. The van der Waals surface area contributed by atoms with Gasteiger partial charge in [-0.1, -0.05) is 74.0 Å². The van der Waals surface area contributed by atoms with Crippen LogP contribution in [0.25, 0.3) is 6.08 Å². The number of halogens is 4. The fourth-order valence-electron chi connectivity index (χ4n) is 5.20. The van der Waals surface area contributed by atoms with Crippen molar-refractivity contribution in [1.82, 2.24) is 25.2 Å². The number of amides is 2. The zero-order chi connectivity index (χ0) is 37.1. The summed E-state index contributed by atoms with van der Waals surface area (Å²) in [6, 6.07) is 20.8. The van der Waals surface area contributed by atoms with Gasteiger partial charge in [-0.15, -0.1) is 0 Å². The molecule has 0 fully saturated rings. The van der Waals surface area contributed by atoms with E-state index < -0.39 is 24.2 Å². The highest BCUT2D eigenvalue weighted by atomic mass is 35.5. The van der Waals surface area contributed by atoms with Crippen LogP contribution in [0.1, 0.15) is 48.2 Å². The second-order valence-electron chi connectivity index (χ2n) is 12.9. The molecule has 0 aliphatic carbocycles. The molecule has 274 valence electrons. The summed E-state index contributed by atoms with van der Waals surface area (Å²) in [5.74, 6) is -0.0447. The first-order valence-electron chi connectivity index (χ1n) is 16.6. The van der Waals surface area contributed by atoms with Crippen molar-refractivity contribution in [3.8, 4) is 11.8 Å². The van der Waals surface area contributed by atoms with Crippen molar-refractivity contribution < 1.29 is 32.2 Å². The first kappa shape index (κ1) is 37.9. The van der Waals surface area contributed by atoms with Gasteiger partial charge >= 0.3 is 12.2 Å². The molecule has 0 spiro atoms. The number of aromatic nitrogens is 3. The third kappa shape index (κ3) is 11.9. The Morgan fingerprint density at radius 3 is 2.50 bits per heavy atom. The van der Waals surface area contributed by atoms with Gasteiger partial charge in [-0.05, 0) is 59.4 Å². The molecule has 2 amide bonds. The van der Waals surface area contributed by atoms with E-state index in [9.17, 15) is 22.8 Å². The van der Waals surface area contributed by atoms with E-state index in [1.54, 1.807) is 47.4 Å². The predicted molar refractivity (Wildman–Crippen MR) is 193 cm³/mol. The van der Waals surface area contributed by atoms with Gasteiger partial charge in [0.1, 0.15) is 5.75 Å². The van der Waals surface area contributed by atoms with Gasteiger partial charge in [-0.25, -0.2) is 0 Å². The van der Waals surface area contributed by atoms with Gasteiger partial charge in [0.25, 0.3) is 5.91 Å². The lowest BCUT2D eigenvalue weighted by Crippen LogP contribution is -2.45. The van der Waals surface area contributed by atoms with Gasteiger partial charge < -0.3 is 30.3 Å². The van der Waals surface area contributed by atoms with Crippen LogP contribution < -0.4 is 25.4 Å². The van der Waals surface area contributed by atoms with Gasteiger partial charge in [0.15, 0.2) is 6.61 Å². The topological polar surface area (TPSA) is 131 Å². The Bertz CT molecular complexity index is 1860. The van der Waals surface area contributed by atoms with Crippen molar-refractivity contribution in [2.45, 2.75) is 39.4 Å². The summed E-state index contributed by atoms with van der Waals surface area (Å²) in [6.45, 7) is 3.92. The molecule has 6 bridgehead atoms. The van der Waals surface area contributed by atoms with E-state index in [1.807, 2.05) is 56.3 Å². The molecule has 0 atom stereocenters. The van der Waals surface area contributed by atoms with Crippen LogP contribution in [0.5, 0.6) is 11.8 Å². The summed E-state index contributed by atoms with van der Waals surface area (Å²) < 4.78 is 49.4. The number of carbonyl (C=O) groups is 2. The molecule has 4 aliphatic rings. The van der Waals surface area contributed by atoms with E-state index in [0.717, 1.165) is 11.1 Å². The molecule has 3 aromatic carbocycles. The number of rotatable bonds is 5. The lowest BCUT2D eigenvalue weighted by molar-refractivity contribution is -0.154. The van der Waals surface area contributed by atoms with Crippen LogP contribution in [0.3, 0.4) is 0 Å². The van der Waals surface area contributed by atoms with Gasteiger partial charge in [-0.3, -0.25) is 9.59 Å². The average molecular weight is 738 g/mol. The number of ether oxygens (including phenoxy) is 2. The molecule has 3 N–H and O–H groups in total. The zero-order valence-corrected chi connectivity index (χ0v) is 29.4. The van der Waals surface area contributed by atoms with E-state index in [2.05, 4.69) is 30.9 Å². The highest BCUT2D eigenvalue weighted by Crippen LogP contribution is 2.27. The van der Waals surface area contributed by atoms with Crippen LogP contribution in [0.15, 0.2) is 78.9 Å². The molecule has 1 aromatic heterocycles. The Hall–Kier alpha value is -5.37. The molecule has 8 rings (SSSR count). The maximum atomic E-state index is 13.5. The molecular weight excluding hydrogens is 699 g/mol. The van der Waals surface area contributed by atoms with Gasteiger partial charge in [0.05, 0.1) is 11.6 Å². The number of anilines is 3. The molecular formula is C37H39ClF3N7O4. The van der Waals surface area contributed by atoms with Crippen LogP contribution in [-0.4, -0.2) is 70.7 Å². The Balaban J connectivity index is 1.36. The molecule has 15 heteroatoms. The van der Waals surface area contributed by atoms with Crippen LogP contribution in [0, 0.1) is 5.41 Å². The molecule has 0 radical (unpaired) electrons. The Kier molecular flexibility index (Phi) is 12.5. The molecule has 52 heavy (non-hydrogen) atoms. The number of nitrogens with one attached hydrogen (secondary N) is 3. The number of alkyl halides is 3. The highest BCUT2D eigenvalue weighted by molar-refractivity contribution is 6.32. The lowest BCUT2D eigenvalue weighted by atomic mass is 9.92. The monoisotopic (exact) mass is 737 g/mol. The Labute approximate surface area is 304 Å². The zero-order valence-electron chi connectivity index (χ0n) is 28.7. The Morgan fingerprint density at radius 1 is 1.02 bits per heavy atom. The predicted octanol–water partition coefficient (Wildman–Crippen LogP) is 7.29. The lowest BCUT2D eigenvalue weighted by Gasteiger charge is -2.33. The minimum Gasteiger partial charge on any atom is -0.492 e. The molecule has 5 heterocycles. The summed E-state index contributed by atoms with van der Waals surface area (Å²) in [6.07, 6.45) is -0.0954. The van der Waals surface area contributed by atoms with E-state index in [-0.39, 0.29) is 49.8 Å². The normalized spacial score (nSPS) is 15.6. The highest BCUT2D eigenvalue weighted by Gasteiger charge is 2.29. The second kappa shape index (κ2) is 17.2. The van der Waals surface area contributed by atoms with Gasteiger partial charge in [-0.2, -0.15) is 28.1 Å². The minimum absolute atomic E-state index is 0.0474. The first-order chi connectivity index (χ1) is 24.8.